The van der Waals surface area contributed by atoms with Gasteiger partial charge in [-0.15, -0.1) is 0 Å². The van der Waals surface area contributed by atoms with Crippen molar-refractivity contribution in [2.75, 3.05) is 24.5 Å². The van der Waals surface area contributed by atoms with E-state index < -0.39 is 0 Å². The Kier molecular flexibility index (Phi) is 10.0. The Morgan fingerprint density at radius 1 is 1.08 bits per heavy atom. The van der Waals surface area contributed by atoms with E-state index in [4.69, 9.17) is 12.2 Å². The van der Waals surface area contributed by atoms with Gasteiger partial charge >= 0.3 is 0 Å². The van der Waals surface area contributed by atoms with E-state index in [1.807, 2.05) is 19.1 Å². The second-order valence-electron chi connectivity index (χ2n) is 10.5. The molecule has 1 aromatic heterocycles. The van der Waals surface area contributed by atoms with Gasteiger partial charge in [0.1, 0.15) is 21.8 Å². The van der Waals surface area contributed by atoms with Crippen molar-refractivity contribution in [2.45, 2.75) is 72.3 Å². The molecule has 2 aliphatic heterocycles. The van der Waals surface area contributed by atoms with E-state index in [-0.39, 0.29) is 17.0 Å². The first-order chi connectivity index (χ1) is 18.9. The van der Waals surface area contributed by atoms with Gasteiger partial charge in [0, 0.05) is 31.7 Å². The summed E-state index contributed by atoms with van der Waals surface area (Å²) in [5.74, 6) is 1.33. The van der Waals surface area contributed by atoms with Crippen molar-refractivity contribution in [1.82, 2.24) is 9.47 Å². The fourth-order valence-electron chi connectivity index (χ4n) is 5.44. The van der Waals surface area contributed by atoms with Gasteiger partial charge < -0.3 is 4.90 Å². The molecule has 2 aliphatic rings. The van der Waals surface area contributed by atoms with Gasteiger partial charge in [-0.25, -0.2) is 0 Å². The lowest BCUT2D eigenvalue weighted by Crippen LogP contribution is -2.40. The number of benzene rings is 1. The summed E-state index contributed by atoms with van der Waals surface area (Å²) in [5.41, 5.74) is 2.70. The lowest BCUT2D eigenvalue weighted by molar-refractivity contribution is -0.122. The summed E-state index contributed by atoms with van der Waals surface area (Å²) in [6, 6.07) is 12.8. The third-order valence-electron chi connectivity index (χ3n) is 7.75. The number of carbonyl (C=O) groups is 1. The molecule has 0 saturated carbocycles. The first-order valence-electron chi connectivity index (χ1n) is 14.1. The van der Waals surface area contributed by atoms with Crippen LogP contribution in [0.2, 0.25) is 0 Å². The van der Waals surface area contributed by atoms with Crippen LogP contribution in [0.25, 0.3) is 6.08 Å². The van der Waals surface area contributed by atoms with Gasteiger partial charge in [-0.2, -0.15) is 5.26 Å². The van der Waals surface area contributed by atoms with Gasteiger partial charge in [-0.1, -0.05) is 81.0 Å². The van der Waals surface area contributed by atoms with Crippen molar-refractivity contribution >= 4 is 46.1 Å². The number of thioether (sulfide) groups is 1. The highest BCUT2D eigenvalue weighted by atomic mass is 32.2. The Hall–Kier alpha value is -2.89. The van der Waals surface area contributed by atoms with E-state index in [2.05, 4.69) is 49.1 Å². The Morgan fingerprint density at radius 2 is 1.74 bits per heavy atom. The predicted octanol–water partition coefficient (Wildman–Crippen LogP) is 6.29. The number of aromatic nitrogens is 1. The lowest BCUT2D eigenvalue weighted by atomic mass is 9.90. The third-order valence-corrected chi connectivity index (χ3v) is 9.13. The first kappa shape index (κ1) is 29.1. The number of rotatable bonds is 10. The zero-order valence-electron chi connectivity index (χ0n) is 23.2. The maximum atomic E-state index is 13.6. The Balaban J connectivity index is 1.73. The minimum Gasteiger partial charge on any atom is -0.357 e. The number of pyridine rings is 1. The van der Waals surface area contributed by atoms with Gasteiger partial charge in [-0.05, 0) is 62.1 Å². The molecule has 0 N–H and O–H groups in total. The molecule has 0 bridgehead atoms. The van der Waals surface area contributed by atoms with Gasteiger partial charge in [-0.3, -0.25) is 19.1 Å². The molecular formula is C31H38N4O2S2. The molecule has 2 aromatic rings. The summed E-state index contributed by atoms with van der Waals surface area (Å²) in [4.78, 5) is 31.4. The summed E-state index contributed by atoms with van der Waals surface area (Å²) < 4.78 is 2.36. The molecule has 6 nitrogen and oxygen atoms in total. The second-order valence-corrected chi connectivity index (χ2v) is 12.1. The molecule has 8 heteroatoms. The minimum absolute atomic E-state index is 0.0878. The third kappa shape index (κ3) is 6.47. The molecule has 0 aliphatic carbocycles. The van der Waals surface area contributed by atoms with Crippen LogP contribution in [0.15, 0.2) is 40.0 Å². The van der Waals surface area contributed by atoms with Crippen molar-refractivity contribution in [2.24, 2.45) is 5.92 Å². The van der Waals surface area contributed by atoms with Gasteiger partial charge in [0.05, 0.1) is 4.91 Å². The van der Waals surface area contributed by atoms with E-state index in [1.54, 1.807) is 9.47 Å². The van der Waals surface area contributed by atoms with Crippen LogP contribution in [0.1, 0.15) is 74.6 Å². The quantitative estimate of drug-likeness (QED) is 0.250. The van der Waals surface area contributed by atoms with Crippen LogP contribution in [0.4, 0.5) is 5.82 Å². The average Bonchev–Trinajstić information content (AvgIpc) is 3.21. The van der Waals surface area contributed by atoms with Crippen LogP contribution in [-0.4, -0.2) is 39.3 Å². The highest BCUT2D eigenvalue weighted by Gasteiger charge is 2.33. The van der Waals surface area contributed by atoms with E-state index in [9.17, 15) is 14.9 Å². The number of piperidine rings is 1. The number of anilines is 1. The second kappa shape index (κ2) is 13.5. The van der Waals surface area contributed by atoms with E-state index >= 15 is 0 Å². The maximum Gasteiger partial charge on any atom is 0.270 e. The zero-order chi connectivity index (χ0) is 27.9. The maximum absolute atomic E-state index is 13.6. The van der Waals surface area contributed by atoms with Crippen LogP contribution < -0.4 is 10.5 Å². The molecule has 0 atom stereocenters. The van der Waals surface area contributed by atoms with Gasteiger partial charge in [0.15, 0.2) is 0 Å². The number of nitriles is 1. The van der Waals surface area contributed by atoms with Crippen molar-refractivity contribution in [3.05, 3.63) is 67.8 Å². The lowest BCUT2D eigenvalue weighted by Gasteiger charge is -2.36. The first-order valence-corrected chi connectivity index (χ1v) is 15.3. The zero-order valence-corrected chi connectivity index (χ0v) is 24.9. The number of hydrogen-bond donors (Lipinski definition) is 0. The summed E-state index contributed by atoms with van der Waals surface area (Å²) in [7, 11) is 0. The molecule has 206 valence electrons. The van der Waals surface area contributed by atoms with E-state index in [0.717, 1.165) is 69.4 Å². The molecule has 0 spiro atoms. The summed E-state index contributed by atoms with van der Waals surface area (Å²) in [5, 5.41) is 9.94. The molecule has 1 amide bonds. The summed E-state index contributed by atoms with van der Waals surface area (Å²) >= 11 is 6.86. The minimum atomic E-state index is -0.238. The number of amides is 1. The monoisotopic (exact) mass is 562 g/mol. The summed E-state index contributed by atoms with van der Waals surface area (Å²) in [6.07, 6.45) is 8.63. The summed E-state index contributed by atoms with van der Waals surface area (Å²) in [6.45, 7) is 8.83. The molecule has 2 saturated heterocycles. The largest absolute Gasteiger partial charge is 0.357 e. The van der Waals surface area contributed by atoms with Crippen molar-refractivity contribution < 1.29 is 4.79 Å². The average molecular weight is 563 g/mol. The fourth-order valence-corrected chi connectivity index (χ4v) is 6.74. The molecule has 3 heterocycles. The molecule has 4 rings (SSSR count). The number of thiocarbonyl (C=S) groups is 1. The van der Waals surface area contributed by atoms with Crippen LogP contribution in [-0.2, 0) is 17.8 Å². The number of hydrogen-bond acceptors (Lipinski definition) is 6. The smallest absolute Gasteiger partial charge is 0.270 e. The van der Waals surface area contributed by atoms with Crippen molar-refractivity contribution in [1.29, 1.82) is 5.26 Å². The van der Waals surface area contributed by atoms with Gasteiger partial charge in [0.25, 0.3) is 11.5 Å². The van der Waals surface area contributed by atoms with E-state index in [1.165, 1.54) is 17.3 Å². The molecule has 39 heavy (non-hydrogen) atoms. The van der Waals surface area contributed by atoms with Crippen LogP contribution in [0.3, 0.4) is 0 Å². The molecule has 2 fully saturated rings. The SMILES string of the molecule is CCCCN1C(=O)/C(=C\c2c(C)c(C#N)c(=O)n(CCCC)c2N2CCC(Cc3ccccc3)CC2)SC1=S. The van der Waals surface area contributed by atoms with Crippen LogP contribution in [0.5, 0.6) is 0 Å². The Labute approximate surface area is 241 Å². The molecule has 0 radical (unpaired) electrons. The van der Waals surface area contributed by atoms with Crippen LogP contribution in [0, 0.1) is 24.2 Å². The number of unbranched alkanes of at least 4 members (excludes halogenated alkanes) is 2. The van der Waals surface area contributed by atoms with E-state index in [0.29, 0.717) is 33.8 Å². The Morgan fingerprint density at radius 3 is 2.38 bits per heavy atom. The predicted molar refractivity (Wildman–Crippen MR) is 165 cm³/mol. The van der Waals surface area contributed by atoms with Crippen molar-refractivity contribution in [3.63, 3.8) is 0 Å². The standard InChI is InChI=1S/C31H38N4O2S2/c1-4-6-15-34-28(33-17-13-24(14-18-33)19-23-11-9-8-10-12-23)25(22(3)26(21-32)29(34)36)20-27-30(37)35(16-7-5-2)31(38)39-27/h8-12,20,24H,4-7,13-19H2,1-3H3/b27-20+. The number of carbonyl (C=O) groups excluding carboxylic acids is 1. The highest BCUT2D eigenvalue weighted by Crippen LogP contribution is 2.37. The van der Waals surface area contributed by atoms with Crippen molar-refractivity contribution in [3.8, 4) is 6.07 Å². The topological polar surface area (TPSA) is 69.3 Å². The Bertz CT molecular complexity index is 1340. The molecule has 1 aromatic carbocycles. The molecule has 0 unspecified atom stereocenters. The number of nitrogens with zero attached hydrogens (tertiary/aromatic N) is 4. The fraction of sp³-hybridized carbons (Fsp3) is 0.484. The molecular weight excluding hydrogens is 525 g/mol. The highest BCUT2D eigenvalue weighted by molar-refractivity contribution is 8.26. The van der Waals surface area contributed by atoms with Gasteiger partial charge in [0.2, 0.25) is 0 Å². The normalized spacial score (nSPS) is 17.3. The van der Waals surface area contributed by atoms with Crippen LogP contribution >= 0.6 is 24.0 Å².